The Balaban J connectivity index is 1.39. The summed E-state index contributed by atoms with van der Waals surface area (Å²) in [7, 11) is 0. The number of fused-ring (bicyclic) bond motifs is 2. The minimum absolute atomic E-state index is 0.0427. The second kappa shape index (κ2) is 7.60. The van der Waals surface area contributed by atoms with Gasteiger partial charge >= 0.3 is 0 Å². The number of rotatable bonds is 6. The lowest BCUT2D eigenvalue weighted by molar-refractivity contribution is -0.121. The van der Waals surface area contributed by atoms with E-state index in [9.17, 15) is 9.59 Å². The van der Waals surface area contributed by atoms with Crippen molar-refractivity contribution in [2.45, 2.75) is 20.0 Å². The highest BCUT2D eigenvalue weighted by molar-refractivity contribution is 6.01. The molecule has 6 heteroatoms. The van der Waals surface area contributed by atoms with E-state index < -0.39 is 0 Å². The van der Waals surface area contributed by atoms with E-state index in [4.69, 9.17) is 0 Å². The molecule has 0 saturated carbocycles. The zero-order valence-electron chi connectivity index (χ0n) is 15.7. The molecule has 6 nitrogen and oxygen atoms in total. The van der Waals surface area contributed by atoms with Crippen LogP contribution in [0.15, 0.2) is 67.0 Å². The van der Waals surface area contributed by atoms with Gasteiger partial charge in [-0.1, -0.05) is 24.3 Å². The first-order chi connectivity index (χ1) is 13.6. The Morgan fingerprint density at radius 2 is 1.68 bits per heavy atom. The van der Waals surface area contributed by atoms with Gasteiger partial charge < -0.3 is 19.8 Å². The fourth-order valence-electron chi connectivity index (χ4n) is 3.52. The first-order valence-electron chi connectivity index (χ1n) is 9.28. The second-order valence-electron chi connectivity index (χ2n) is 6.78. The first kappa shape index (κ1) is 17.9. The van der Waals surface area contributed by atoms with Crippen LogP contribution >= 0.6 is 0 Å². The average Bonchev–Trinajstić information content (AvgIpc) is 3.27. The molecule has 0 bridgehead atoms. The summed E-state index contributed by atoms with van der Waals surface area (Å²) in [6, 6.07) is 17.9. The van der Waals surface area contributed by atoms with Gasteiger partial charge in [0.05, 0.1) is 11.2 Å². The Morgan fingerprint density at radius 1 is 0.893 bits per heavy atom. The fraction of sp³-hybridized carbons (Fsp3) is 0.182. The molecule has 0 spiro atoms. The van der Waals surface area contributed by atoms with Gasteiger partial charge in [0.2, 0.25) is 11.8 Å². The number of carbonyl (C=O) groups excluding carboxylic acids is 2. The molecule has 0 atom stereocenters. The predicted molar refractivity (Wildman–Crippen MR) is 111 cm³/mol. The lowest BCUT2D eigenvalue weighted by Gasteiger charge is -2.10. The highest BCUT2D eigenvalue weighted by atomic mass is 16.2. The third-order valence-electron chi connectivity index (χ3n) is 4.79. The van der Waals surface area contributed by atoms with E-state index in [1.165, 1.54) is 17.8 Å². The number of hydrogen-bond donors (Lipinski definition) is 2. The lowest BCUT2D eigenvalue weighted by Crippen LogP contribution is -2.30. The summed E-state index contributed by atoms with van der Waals surface area (Å²) >= 11 is 0. The largest absolute Gasteiger partial charge is 0.353 e. The quantitative estimate of drug-likeness (QED) is 0.543. The van der Waals surface area contributed by atoms with Crippen LogP contribution in [0.2, 0.25) is 0 Å². The van der Waals surface area contributed by atoms with Gasteiger partial charge in [0.25, 0.3) is 0 Å². The Hall–Kier alpha value is -3.54. The maximum Gasteiger partial charge on any atom is 0.240 e. The van der Waals surface area contributed by atoms with Crippen molar-refractivity contribution < 1.29 is 9.59 Å². The number of nitrogens with one attached hydrogen (secondary N) is 2. The molecule has 0 saturated heterocycles. The Kier molecular flexibility index (Phi) is 4.85. The Labute approximate surface area is 162 Å². The summed E-state index contributed by atoms with van der Waals surface area (Å²) in [6.07, 6.45) is 3.91. The second-order valence-corrected chi connectivity index (χ2v) is 6.78. The van der Waals surface area contributed by atoms with Crippen molar-refractivity contribution >= 4 is 39.3 Å². The van der Waals surface area contributed by atoms with E-state index in [0.29, 0.717) is 6.54 Å². The van der Waals surface area contributed by atoms with Gasteiger partial charge in [-0.2, -0.15) is 0 Å². The molecule has 0 aliphatic rings. The van der Waals surface area contributed by atoms with Crippen LogP contribution in [0.1, 0.15) is 6.92 Å². The average molecular weight is 374 g/mol. The van der Waals surface area contributed by atoms with Crippen LogP contribution in [-0.4, -0.2) is 27.5 Å². The standard InChI is InChI=1S/C22H22N4O2/c1-16(27)24-19-6-4-8-21-18(19)10-13-26(21)15-22(28)23-11-14-25-12-9-17-5-2-3-7-20(17)25/h2-10,12-13H,11,14-15H2,1H3,(H,23,28)(H,24,27). The number of hydrogen-bond acceptors (Lipinski definition) is 2. The van der Waals surface area contributed by atoms with E-state index in [0.717, 1.165) is 23.1 Å². The van der Waals surface area contributed by atoms with Crippen LogP contribution in [0, 0.1) is 0 Å². The number of carbonyl (C=O) groups is 2. The van der Waals surface area contributed by atoms with E-state index >= 15 is 0 Å². The summed E-state index contributed by atoms with van der Waals surface area (Å²) in [5.74, 6) is -0.158. The van der Waals surface area contributed by atoms with Crippen LogP contribution in [0.4, 0.5) is 5.69 Å². The molecule has 2 aromatic carbocycles. The van der Waals surface area contributed by atoms with E-state index in [1.807, 2.05) is 53.4 Å². The molecule has 0 aliphatic heterocycles. The normalized spacial score (nSPS) is 11.0. The maximum absolute atomic E-state index is 12.4. The summed E-state index contributed by atoms with van der Waals surface area (Å²) < 4.78 is 4.03. The molecule has 4 aromatic rings. The van der Waals surface area contributed by atoms with Crippen LogP contribution < -0.4 is 10.6 Å². The van der Waals surface area contributed by atoms with Crippen molar-refractivity contribution in [2.24, 2.45) is 0 Å². The molecule has 28 heavy (non-hydrogen) atoms. The minimum atomic E-state index is -0.115. The molecule has 0 radical (unpaired) electrons. The summed E-state index contributed by atoms with van der Waals surface area (Å²) in [5, 5.41) is 7.93. The Morgan fingerprint density at radius 3 is 2.54 bits per heavy atom. The summed E-state index contributed by atoms with van der Waals surface area (Å²) in [4.78, 5) is 23.8. The van der Waals surface area contributed by atoms with Crippen molar-refractivity contribution in [2.75, 3.05) is 11.9 Å². The number of anilines is 1. The number of nitrogens with zero attached hydrogens (tertiary/aromatic N) is 2. The number of amides is 2. The van der Waals surface area contributed by atoms with Crippen molar-refractivity contribution in [3.05, 3.63) is 67.0 Å². The van der Waals surface area contributed by atoms with Gasteiger partial charge in [-0.15, -0.1) is 0 Å². The van der Waals surface area contributed by atoms with Crippen LogP contribution in [0.25, 0.3) is 21.8 Å². The fourth-order valence-corrected chi connectivity index (χ4v) is 3.52. The zero-order valence-corrected chi connectivity index (χ0v) is 15.7. The van der Waals surface area contributed by atoms with Gasteiger partial charge in [0, 0.05) is 43.3 Å². The molecular weight excluding hydrogens is 352 g/mol. The maximum atomic E-state index is 12.4. The Bertz CT molecular complexity index is 1160. The minimum Gasteiger partial charge on any atom is -0.353 e. The zero-order chi connectivity index (χ0) is 19.5. The van der Waals surface area contributed by atoms with Crippen molar-refractivity contribution in [1.82, 2.24) is 14.5 Å². The van der Waals surface area contributed by atoms with Gasteiger partial charge in [-0.3, -0.25) is 9.59 Å². The topological polar surface area (TPSA) is 68.1 Å². The molecule has 4 rings (SSSR count). The van der Waals surface area contributed by atoms with Crippen LogP contribution in [0.5, 0.6) is 0 Å². The molecule has 0 aliphatic carbocycles. The molecule has 0 unspecified atom stereocenters. The highest BCUT2D eigenvalue weighted by Crippen LogP contribution is 2.24. The highest BCUT2D eigenvalue weighted by Gasteiger charge is 2.09. The van der Waals surface area contributed by atoms with Crippen molar-refractivity contribution in [3.8, 4) is 0 Å². The molecule has 2 heterocycles. The van der Waals surface area contributed by atoms with Gasteiger partial charge in [-0.05, 0) is 35.7 Å². The molecule has 2 aromatic heterocycles. The number of para-hydroxylation sites is 1. The third kappa shape index (κ3) is 3.62. The SMILES string of the molecule is CC(=O)Nc1cccc2c1ccn2CC(=O)NCCn1ccc2ccccc21. The number of aromatic nitrogens is 2. The van der Waals surface area contributed by atoms with Gasteiger partial charge in [0.1, 0.15) is 6.54 Å². The molecular formula is C22H22N4O2. The lowest BCUT2D eigenvalue weighted by atomic mass is 10.2. The summed E-state index contributed by atoms with van der Waals surface area (Å²) in [5.41, 5.74) is 2.83. The molecule has 142 valence electrons. The molecule has 2 N–H and O–H groups in total. The predicted octanol–water partition coefficient (Wildman–Crippen LogP) is 3.37. The van der Waals surface area contributed by atoms with Crippen molar-refractivity contribution in [1.29, 1.82) is 0 Å². The van der Waals surface area contributed by atoms with Crippen molar-refractivity contribution in [3.63, 3.8) is 0 Å². The third-order valence-corrected chi connectivity index (χ3v) is 4.79. The van der Waals surface area contributed by atoms with Gasteiger partial charge in [-0.25, -0.2) is 0 Å². The molecule has 0 fully saturated rings. The van der Waals surface area contributed by atoms with E-state index in [1.54, 1.807) is 0 Å². The van der Waals surface area contributed by atoms with Gasteiger partial charge in [0.15, 0.2) is 0 Å². The van der Waals surface area contributed by atoms with E-state index in [2.05, 4.69) is 33.4 Å². The molecule has 2 amide bonds. The smallest absolute Gasteiger partial charge is 0.240 e. The van der Waals surface area contributed by atoms with E-state index in [-0.39, 0.29) is 18.4 Å². The number of benzene rings is 2. The first-order valence-corrected chi connectivity index (χ1v) is 9.28. The van der Waals surface area contributed by atoms with Crippen LogP contribution in [-0.2, 0) is 22.7 Å². The summed E-state index contributed by atoms with van der Waals surface area (Å²) in [6.45, 7) is 3.00. The van der Waals surface area contributed by atoms with Crippen LogP contribution in [0.3, 0.4) is 0 Å². The monoisotopic (exact) mass is 374 g/mol.